The molecule has 0 radical (unpaired) electrons. The van der Waals surface area contributed by atoms with Gasteiger partial charge in [-0.15, -0.1) is 0 Å². The van der Waals surface area contributed by atoms with Crippen LogP contribution in [0.3, 0.4) is 0 Å². The van der Waals surface area contributed by atoms with E-state index in [0.29, 0.717) is 0 Å². The lowest BCUT2D eigenvalue weighted by molar-refractivity contribution is 0.303. The first-order valence-corrected chi connectivity index (χ1v) is 9.09. The quantitative estimate of drug-likeness (QED) is 0.604. The van der Waals surface area contributed by atoms with Gasteiger partial charge in [-0.2, -0.15) is 0 Å². The Morgan fingerprint density at radius 2 is 2.04 bits per heavy atom. The normalized spacial score (nSPS) is 11.6. The summed E-state index contributed by atoms with van der Waals surface area (Å²) in [6, 6.07) is 6.13. The number of aromatic nitrogens is 2. The highest BCUT2D eigenvalue weighted by molar-refractivity contribution is 6.13. The zero-order chi connectivity index (χ0) is 17.8. The number of hydrogen-bond acceptors (Lipinski definition) is 4. The van der Waals surface area contributed by atoms with E-state index in [2.05, 4.69) is 53.1 Å². The van der Waals surface area contributed by atoms with Crippen LogP contribution < -0.4 is 10.1 Å². The summed E-state index contributed by atoms with van der Waals surface area (Å²) >= 11 is 0. The van der Waals surface area contributed by atoms with Crippen LogP contribution in [-0.4, -0.2) is 48.2 Å². The van der Waals surface area contributed by atoms with Crippen molar-refractivity contribution in [2.45, 2.75) is 27.2 Å². The summed E-state index contributed by atoms with van der Waals surface area (Å²) in [5.74, 6) is 1.81. The third kappa shape index (κ3) is 3.56. The molecule has 0 saturated heterocycles. The van der Waals surface area contributed by atoms with Gasteiger partial charge in [0.25, 0.3) is 0 Å². The number of nitrogens with one attached hydrogen (secondary N) is 2. The zero-order valence-corrected chi connectivity index (χ0v) is 15.6. The predicted octanol–water partition coefficient (Wildman–Crippen LogP) is 4.18. The fraction of sp³-hybridized carbons (Fsp3) is 0.450. The molecular formula is C20H28N4O. The van der Waals surface area contributed by atoms with Gasteiger partial charge in [0.05, 0.1) is 18.0 Å². The molecule has 0 spiro atoms. The molecular weight excluding hydrogens is 312 g/mol. The van der Waals surface area contributed by atoms with Crippen molar-refractivity contribution in [1.82, 2.24) is 14.9 Å². The smallest absolute Gasteiger partial charge is 0.136 e. The summed E-state index contributed by atoms with van der Waals surface area (Å²) in [5.41, 5.74) is 3.40. The number of benzene rings is 1. The Labute approximate surface area is 149 Å². The van der Waals surface area contributed by atoms with E-state index in [4.69, 9.17) is 4.74 Å². The first-order valence-electron chi connectivity index (χ1n) is 9.09. The van der Waals surface area contributed by atoms with Crippen molar-refractivity contribution in [3.63, 3.8) is 0 Å². The molecule has 0 aliphatic rings. The summed E-state index contributed by atoms with van der Waals surface area (Å²) < 4.78 is 5.40. The van der Waals surface area contributed by atoms with E-state index >= 15 is 0 Å². The number of hydrogen-bond donors (Lipinski definition) is 2. The molecule has 0 aliphatic carbocycles. The minimum Gasteiger partial charge on any atom is -0.497 e. The van der Waals surface area contributed by atoms with E-state index in [1.165, 1.54) is 0 Å². The monoisotopic (exact) mass is 340 g/mol. The summed E-state index contributed by atoms with van der Waals surface area (Å²) in [6.07, 6.45) is 3.03. The van der Waals surface area contributed by atoms with Crippen LogP contribution >= 0.6 is 0 Å². The molecule has 0 aliphatic heterocycles. The van der Waals surface area contributed by atoms with Crippen molar-refractivity contribution in [3.05, 3.63) is 30.0 Å². The van der Waals surface area contributed by atoms with E-state index in [9.17, 15) is 0 Å². The van der Waals surface area contributed by atoms with Gasteiger partial charge in [-0.1, -0.05) is 13.8 Å². The highest BCUT2D eigenvalue weighted by Crippen LogP contribution is 2.34. The Morgan fingerprint density at radius 3 is 2.76 bits per heavy atom. The highest BCUT2D eigenvalue weighted by Gasteiger charge is 2.13. The maximum Gasteiger partial charge on any atom is 0.136 e. The van der Waals surface area contributed by atoms with Crippen LogP contribution in [-0.2, 0) is 0 Å². The lowest BCUT2D eigenvalue weighted by atomic mass is 10.1. The number of H-pyrrole nitrogens is 1. The Balaban J connectivity index is 1.88. The Kier molecular flexibility index (Phi) is 5.43. The first-order chi connectivity index (χ1) is 12.2. The minimum atomic E-state index is 0.863. The molecule has 3 aromatic rings. The maximum absolute atomic E-state index is 5.40. The van der Waals surface area contributed by atoms with Gasteiger partial charge in [0.15, 0.2) is 0 Å². The van der Waals surface area contributed by atoms with E-state index in [0.717, 1.165) is 71.5 Å². The molecule has 5 nitrogen and oxygen atoms in total. The van der Waals surface area contributed by atoms with Crippen molar-refractivity contribution in [2.75, 3.05) is 38.6 Å². The molecule has 0 unspecified atom stereocenters. The standard InChI is InChI=1S/C20H28N4O/c1-5-24(6-2)11-7-10-21-20-18-16-12-15(25-4)8-9-17(16)23-19(18)14(3)13-22-20/h8-9,12-13,23H,5-7,10-11H2,1-4H3,(H,21,22). The number of aryl methyl sites for hydroxylation is 1. The van der Waals surface area contributed by atoms with Crippen molar-refractivity contribution in [2.24, 2.45) is 0 Å². The number of rotatable bonds is 8. The number of anilines is 1. The molecule has 0 amide bonds. The van der Waals surface area contributed by atoms with Crippen LogP contribution in [0.15, 0.2) is 24.4 Å². The fourth-order valence-electron chi connectivity index (χ4n) is 3.31. The number of ether oxygens (including phenoxy) is 1. The Hall–Kier alpha value is -2.27. The second kappa shape index (κ2) is 7.74. The Bertz CT molecular complexity index is 852. The van der Waals surface area contributed by atoms with Gasteiger partial charge in [-0.05, 0) is 56.7 Å². The van der Waals surface area contributed by atoms with Gasteiger partial charge >= 0.3 is 0 Å². The maximum atomic E-state index is 5.40. The first kappa shape index (κ1) is 17.5. The SMILES string of the molecule is CCN(CC)CCCNc1ncc(C)c2[nH]c3ccc(OC)cc3c12. The number of methoxy groups -OCH3 is 1. The summed E-state index contributed by atoms with van der Waals surface area (Å²) in [6.45, 7) is 10.7. The van der Waals surface area contributed by atoms with E-state index in [1.54, 1.807) is 7.11 Å². The summed E-state index contributed by atoms with van der Waals surface area (Å²) in [4.78, 5) is 10.6. The van der Waals surface area contributed by atoms with Crippen molar-refractivity contribution in [1.29, 1.82) is 0 Å². The number of nitrogens with zero attached hydrogens (tertiary/aromatic N) is 2. The zero-order valence-electron chi connectivity index (χ0n) is 15.6. The predicted molar refractivity (Wildman–Crippen MR) is 106 cm³/mol. The third-order valence-electron chi connectivity index (χ3n) is 4.86. The van der Waals surface area contributed by atoms with Crippen LogP contribution in [0.1, 0.15) is 25.8 Å². The van der Waals surface area contributed by atoms with Gasteiger partial charge in [-0.3, -0.25) is 0 Å². The largest absolute Gasteiger partial charge is 0.497 e. The van der Waals surface area contributed by atoms with Gasteiger partial charge in [0, 0.05) is 23.6 Å². The van der Waals surface area contributed by atoms with Gasteiger partial charge in [0.2, 0.25) is 0 Å². The second-order valence-corrected chi connectivity index (χ2v) is 6.38. The molecule has 2 N–H and O–H groups in total. The average Bonchev–Trinajstić information content (AvgIpc) is 3.03. The molecule has 2 heterocycles. The van der Waals surface area contributed by atoms with Crippen molar-refractivity contribution < 1.29 is 4.74 Å². The van der Waals surface area contributed by atoms with Crippen molar-refractivity contribution >= 4 is 27.6 Å². The molecule has 0 saturated carbocycles. The third-order valence-corrected chi connectivity index (χ3v) is 4.86. The van der Waals surface area contributed by atoms with Crippen molar-refractivity contribution in [3.8, 4) is 5.75 Å². The van der Waals surface area contributed by atoms with E-state index in [1.807, 2.05) is 12.3 Å². The molecule has 25 heavy (non-hydrogen) atoms. The molecule has 5 heteroatoms. The molecule has 134 valence electrons. The Morgan fingerprint density at radius 1 is 1.24 bits per heavy atom. The molecule has 0 atom stereocenters. The fourth-order valence-corrected chi connectivity index (χ4v) is 3.31. The van der Waals surface area contributed by atoms with Crippen LogP contribution in [0, 0.1) is 6.92 Å². The average molecular weight is 340 g/mol. The lowest BCUT2D eigenvalue weighted by Crippen LogP contribution is -2.25. The molecule has 0 fully saturated rings. The summed E-state index contributed by atoms with van der Waals surface area (Å²) in [7, 11) is 1.70. The van der Waals surface area contributed by atoms with Gasteiger partial charge < -0.3 is 19.9 Å². The highest BCUT2D eigenvalue weighted by atomic mass is 16.5. The summed E-state index contributed by atoms with van der Waals surface area (Å²) in [5, 5.41) is 5.84. The molecule has 0 bridgehead atoms. The van der Waals surface area contributed by atoms with Gasteiger partial charge in [-0.25, -0.2) is 4.98 Å². The van der Waals surface area contributed by atoms with Crippen LogP contribution in [0.25, 0.3) is 21.8 Å². The topological polar surface area (TPSA) is 53.2 Å². The molecule has 3 rings (SSSR count). The number of fused-ring (bicyclic) bond motifs is 3. The number of pyridine rings is 1. The minimum absolute atomic E-state index is 0.863. The van der Waals surface area contributed by atoms with E-state index < -0.39 is 0 Å². The lowest BCUT2D eigenvalue weighted by Gasteiger charge is -2.18. The second-order valence-electron chi connectivity index (χ2n) is 6.38. The van der Waals surface area contributed by atoms with Gasteiger partial charge in [0.1, 0.15) is 11.6 Å². The van der Waals surface area contributed by atoms with Crippen LogP contribution in [0.2, 0.25) is 0 Å². The number of aromatic amines is 1. The van der Waals surface area contributed by atoms with E-state index in [-0.39, 0.29) is 0 Å². The molecule has 1 aromatic carbocycles. The van der Waals surface area contributed by atoms with Crippen LogP contribution in [0.5, 0.6) is 5.75 Å². The molecule has 2 aromatic heterocycles. The van der Waals surface area contributed by atoms with Crippen LogP contribution in [0.4, 0.5) is 5.82 Å².